The highest BCUT2D eigenvalue weighted by Crippen LogP contribution is 2.33. The van der Waals surface area contributed by atoms with Crippen molar-refractivity contribution in [2.45, 2.75) is 25.7 Å². The average Bonchev–Trinajstić information content (AvgIpc) is 2.76. The molecule has 30 heavy (non-hydrogen) atoms. The van der Waals surface area contributed by atoms with E-state index < -0.39 is 0 Å². The van der Waals surface area contributed by atoms with E-state index in [0.717, 1.165) is 48.9 Å². The monoisotopic (exact) mass is 424 g/mol. The lowest BCUT2D eigenvalue weighted by Crippen LogP contribution is -2.47. The van der Waals surface area contributed by atoms with Gasteiger partial charge in [-0.15, -0.1) is 0 Å². The lowest BCUT2D eigenvalue weighted by molar-refractivity contribution is -0.0111. The van der Waals surface area contributed by atoms with E-state index in [1.165, 1.54) is 5.56 Å². The van der Waals surface area contributed by atoms with Gasteiger partial charge in [-0.1, -0.05) is 54.1 Å². The molecule has 0 N–H and O–H groups in total. The third-order valence-electron chi connectivity index (χ3n) is 5.58. The van der Waals surface area contributed by atoms with Crippen LogP contribution in [0.5, 0.6) is 5.75 Å². The lowest BCUT2D eigenvalue weighted by atomic mass is 10.0. The number of hydrogen-bond donors (Lipinski definition) is 0. The predicted molar refractivity (Wildman–Crippen MR) is 119 cm³/mol. The molecule has 3 aromatic carbocycles. The largest absolute Gasteiger partial charge is 0.497 e. The van der Waals surface area contributed by atoms with Gasteiger partial charge in [-0.05, 0) is 47.9 Å². The van der Waals surface area contributed by atoms with Crippen molar-refractivity contribution in [3.8, 4) is 5.75 Å². The minimum atomic E-state index is -0.166. The summed E-state index contributed by atoms with van der Waals surface area (Å²) >= 11 is 6.06. The van der Waals surface area contributed by atoms with Crippen LogP contribution < -0.4 is 4.74 Å². The molecule has 1 saturated heterocycles. The Labute approximate surface area is 182 Å². The van der Waals surface area contributed by atoms with Crippen LogP contribution in [0, 0.1) is 5.82 Å². The molecule has 3 nitrogen and oxygen atoms in total. The topological polar surface area (TPSA) is 15.7 Å². The summed E-state index contributed by atoms with van der Waals surface area (Å²) in [5.74, 6) is 0.672. The molecule has 0 radical (unpaired) electrons. The highest BCUT2D eigenvalue weighted by Gasteiger charge is 2.32. The van der Waals surface area contributed by atoms with Crippen molar-refractivity contribution in [3.05, 3.63) is 100 Å². The molecular formula is C25H26ClFN2O. The van der Waals surface area contributed by atoms with Gasteiger partial charge in [0.1, 0.15) is 11.6 Å². The zero-order valence-corrected chi connectivity index (χ0v) is 17.9. The van der Waals surface area contributed by atoms with Crippen molar-refractivity contribution in [2.75, 3.05) is 20.2 Å². The van der Waals surface area contributed by atoms with Gasteiger partial charge in [0.2, 0.25) is 0 Å². The first-order valence-corrected chi connectivity index (χ1v) is 10.6. The van der Waals surface area contributed by atoms with E-state index in [-0.39, 0.29) is 12.0 Å². The molecule has 0 aliphatic carbocycles. The molecule has 0 saturated carbocycles. The molecule has 4 rings (SSSR count). The van der Waals surface area contributed by atoms with E-state index in [0.29, 0.717) is 5.56 Å². The molecule has 1 aliphatic rings. The Hall–Kier alpha value is -2.40. The fourth-order valence-electron chi connectivity index (χ4n) is 4.19. The van der Waals surface area contributed by atoms with E-state index in [1.807, 2.05) is 48.5 Å². The Kier molecular flexibility index (Phi) is 6.68. The molecular weight excluding hydrogens is 399 g/mol. The van der Waals surface area contributed by atoms with Crippen LogP contribution in [0.2, 0.25) is 5.02 Å². The van der Waals surface area contributed by atoms with Gasteiger partial charge in [0.25, 0.3) is 0 Å². The Bertz CT molecular complexity index is 979. The number of halogens is 2. The number of rotatable bonds is 6. The summed E-state index contributed by atoms with van der Waals surface area (Å²) in [5, 5.41) is 0.725. The number of nitrogens with zero attached hydrogens (tertiary/aromatic N) is 2. The second-order valence-electron chi connectivity index (χ2n) is 7.67. The Morgan fingerprint density at radius 2 is 1.60 bits per heavy atom. The fraction of sp³-hybridized carbons (Fsp3) is 0.280. The molecule has 0 aromatic heterocycles. The van der Waals surface area contributed by atoms with Gasteiger partial charge in [0.15, 0.2) is 0 Å². The van der Waals surface area contributed by atoms with Crippen molar-refractivity contribution >= 4 is 11.6 Å². The number of benzene rings is 3. The molecule has 0 amide bonds. The van der Waals surface area contributed by atoms with Crippen LogP contribution in [-0.2, 0) is 13.1 Å². The molecule has 0 spiro atoms. The van der Waals surface area contributed by atoms with Crippen LogP contribution in [0.25, 0.3) is 0 Å². The zero-order valence-electron chi connectivity index (χ0n) is 17.1. The quantitative estimate of drug-likeness (QED) is 0.490. The van der Waals surface area contributed by atoms with Crippen molar-refractivity contribution in [1.29, 1.82) is 0 Å². The maximum atomic E-state index is 14.9. The first-order chi connectivity index (χ1) is 14.6. The summed E-state index contributed by atoms with van der Waals surface area (Å²) in [6.45, 7) is 3.29. The maximum Gasteiger partial charge on any atom is 0.129 e. The van der Waals surface area contributed by atoms with Gasteiger partial charge in [0.05, 0.1) is 13.3 Å². The minimum Gasteiger partial charge on any atom is -0.497 e. The summed E-state index contributed by atoms with van der Waals surface area (Å²) in [7, 11) is 1.68. The average molecular weight is 425 g/mol. The van der Waals surface area contributed by atoms with E-state index in [1.54, 1.807) is 19.2 Å². The molecule has 0 bridgehead atoms. The smallest absolute Gasteiger partial charge is 0.129 e. The summed E-state index contributed by atoms with van der Waals surface area (Å²) in [6.07, 6.45) is 0.893. The van der Waals surface area contributed by atoms with E-state index in [9.17, 15) is 4.39 Å². The third kappa shape index (κ3) is 4.84. The van der Waals surface area contributed by atoms with E-state index >= 15 is 0 Å². The van der Waals surface area contributed by atoms with Crippen LogP contribution >= 0.6 is 11.6 Å². The van der Waals surface area contributed by atoms with E-state index in [2.05, 4.69) is 21.9 Å². The standard InChI is InChI=1S/C25H26ClFN2O/c1-30-22-7-4-6-20(16-22)18-29-15-5-14-28(17-19-10-12-21(26)13-11-19)25(29)23-8-2-3-9-24(23)27/h2-4,6-13,16,25H,5,14-15,17-18H2,1H3/t25-/m0/s1. The highest BCUT2D eigenvalue weighted by atomic mass is 35.5. The van der Waals surface area contributed by atoms with Gasteiger partial charge in [-0.2, -0.15) is 0 Å². The van der Waals surface area contributed by atoms with Crippen LogP contribution in [0.1, 0.15) is 29.3 Å². The molecule has 1 heterocycles. The Balaban J connectivity index is 1.65. The van der Waals surface area contributed by atoms with Crippen LogP contribution in [-0.4, -0.2) is 30.0 Å². The summed E-state index contributed by atoms with van der Waals surface area (Å²) in [6, 6.07) is 23.1. The summed E-state index contributed by atoms with van der Waals surface area (Å²) in [5.41, 5.74) is 3.04. The second-order valence-corrected chi connectivity index (χ2v) is 8.10. The summed E-state index contributed by atoms with van der Waals surface area (Å²) < 4.78 is 20.3. The van der Waals surface area contributed by atoms with Gasteiger partial charge in [0, 0.05) is 36.8 Å². The van der Waals surface area contributed by atoms with Gasteiger partial charge in [-0.3, -0.25) is 9.80 Å². The zero-order chi connectivity index (χ0) is 20.9. The predicted octanol–water partition coefficient (Wildman–Crippen LogP) is 5.89. The van der Waals surface area contributed by atoms with Crippen molar-refractivity contribution in [3.63, 3.8) is 0 Å². The molecule has 0 unspecified atom stereocenters. The highest BCUT2D eigenvalue weighted by molar-refractivity contribution is 6.30. The summed E-state index contributed by atoms with van der Waals surface area (Å²) in [4.78, 5) is 4.71. The first kappa shape index (κ1) is 20.9. The Morgan fingerprint density at radius 1 is 0.900 bits per heavy atom. The van der Waals surface area contributed by atoms with Crippen molar-refractivity contribution < 1.29 is 9.13 Å². The molecule has 3 aromatic rings. The maximum absolute atomic E-state index is 14.9. The fourth-order valence-corrected chi connectivity index (χ4v) is 4.32. The van der Waals surface area contributed by atoms with Crippen LogP contribution in [0.15, 0.2) is 72.8 Å². The number of hydrogen-bond acceptors (Lipinski definition) is 3. The second kappa shape index (κ2) is 9.61. The third-order valence-corrected chi connectivity index (χ3v) is 5.84. The molecule has 156 valence electrons. The normalized spacial score (nSPS) is 17.8. The SMILES string of the molecule is COc1cccc(CN2CCCN(Cc3ccc(Cl)cc3)[C@@H]2c2ccccc2F)c1. The van der Waals surface area contributed by atoms with Crippen molar-refractivity contribution in [2.24, 2.45) is 0 Å². The number of ether oxygens (including phenoxy) is 1. The van der Waals surface area contributed by atoms with Gasteiger partial charge in [-0.25, -0.2) is 4.39 Å². The number of methoxy groups -OCH3 is 1. The van der Waals surface area contributed by atoms with Crippen molar-refractivity contribution in [1.82, 2.24) is 9.80 Å². The van der Waals surface area contributed by atoms with Crippen LogP contribution in [0.3, 0.4) is 0 Å². The molecule has 5 heteroatoms. The van der Waals surface area contributed by atoms with Crippen LogP contribution in [0.4, 0.5) is 4.39 Å². The Morgan fingerprint density at radius 3 is 2.30 bits per heavy atom. The first-order valence-electron chi connectivity index (χ1n) is 10.2. The molecule has 1 aliphatic heterocycles. The molecule has 1 atom stereocenters. The lowest BCUT2D eigenvalue weighted by Gasteiger charge is -2.44. The van der Waals surface area contributed by atoms with Gasteiger partial charge < -0.3 is 4.74 Å². The minimum absolute atomic E-state index is 0.137. The van der Waals surface area contributed by atoms with E-state index in [4.69, 9.17) is 16.3 Å². The van der Waals surface area contributed by atoms with Gasteiger partial charge >= 0.3 is 0 Å². The molecule has 1 fully saturated rings.